The average Bonchev–Trinajstić information content (AvgIpc) is 2.44. The molecule has 0 saturated carbocycles. The molecule has 1 aromatic rings. The van der Waals surface area contributed by atoms with Crippen LogP contribution in [0.15, 0.2) is 24.3 Å². The first kappa shape index (κ1) is 15.0. The van der Waals surface area contributed by atoms with Gasteiger partial charge in [0.25, 0.3) is 0 Å². The predicted molar refractivity (Wildman–Crippen MR) is 82.5 cm³/mol. The lowest BCUT2D eigenvalue weighted by Gasteiger charge is -2.31. The normalized spacial score (nSPS) is 17.1. The Balaban J connectivity index is 1.81. The van der Waals surface area contributed by atoms with Gasteiger partial charge in [0.2, 0.25) is 5.91 Å². The predicted octanol–water partition coefficient (Wildman–Crippen LogP) is 2.69. The molecule has 3 heteroatoms. The third kappa shape index (κ3) is 4.34. The number of carbonyl (C=O) groups is 1. The van der Waals surface area contributed by atoms with Gasteiger partial charge < -0.3 is 4.90 Å². The average molecular weight is 274 g/mol. The van der Waals surface area contributed by atoms with Gasteiger partial charge in [-0.3, -0.25) is 9.69 Å². The molecule has 0 radical (unpaired) electrons. The van der Waals surface area contributed by atoms with E-state index in [9.17, 15) is 4.79 Å². The number of rotatable bonds is 4. The van der Waals surface area contributed by atoms with Crippen LogP contribution < -0.4 is 0 Å². The number of carbonyl (C=O) groups excluding carboxylic acids is 1. The van der Waals surface area contributed by atoms with Gasteiger partial charge in [0, 0.05) is 13.6 Å². The number of likely N-dealkylation sites (tertiary alicyclic amines) is 1. The molecule has 3 nitrogen and oxygen atoms in total. The van der Waals surface area contributed by atoms with Crippen molar-refractivity contribution < 1.29 is 4.79 Å². The summed E-state index contributed by atoms with van der Waals surface area (Å²) >= 11 is 0. The molecule has 0 atom stereocenters. The Morgan fingerprint density at radius 2 is 1.85 bits per heavy atom. The lowest BCUT2D eigenvalue weighted by Crippen LogP contribution is -2.41. The quantitative estimate of drug-likeness (QED) is 0.843. The number of piperidine rings is 1. The van der Waals surface area contributed by atoms with Crippen molar-refractivity contribution in [2.24, 2.45) is 5.92 Å². The minimum atomic E-state index is 0.222. The summed E-state index contributed by atoms with van der Waals surface area (Å²) in [5, 5.41) is 0. The van der Waals surface area contributed by atoms with Crippen LogP contribution >= 0.6 is 0 Å². The minimum absolute atomic E-state index is 0.222. The second-order valence-electron chi connectivity index (χ2n) is 6.19. The van der Waals surface area contributed by atoms with Crippen LogP contribution in [0.2, 0.25) is 0 Å². The zero-order valence-corrected chi connectivity index (χ0v) is 12.9. The number of hydrogen-bond acceptors (Lipinski definition) is 2. The van der Waals surface area contributed by atoms with E-state index in [4.69, 9.17) is 0 Å². The summed E-state index contributed by atoms with van der Waals surface area (Å²) < 4.78 is 0. The zero-order valence-electron chi connectivity index (χ0n) is 12.9. The summed E-state index contributed by atoms with van der Waals surface area (Å²) in [6.45, 7) is 7.76. The molecule has 2 rings (SSSR count). The Morgan fingerprint density at radius 3 is 2.45 bits per heavy atom. The molecule has 1 aliphatic rings. The molecule has 1 aliphatic heterocycles. The molecule has 0 bridgehead atoms. The van der Waals surface area contributed by atoms with E-state index in [1.165, 1.54) is 24.0 Å². The summed E-state index contributed by atoms with van der Waals surface area (Å²) in [5.41, 5.74) is 2.45. The van der Waals surface area contributed by atoms with Crippen molar-refractivity contribution in [3.8, 4) is 0 Å². The molecular weight excluding hydrogens is 248 g/mol. The van der Waals surface area contributed by atoms with E-state index >= 15 is 0 Å². The van der Waals surface area contributed by atoms with Crippen LogP contribution in [0.5, 0.6) is 0 Å². The van der Waals surface area contributed by atoms with E-state index in [-0.39, 0.29) is 5.91 Å². The van der Waals surface area contributed by atoms with Gasteiger partial charge in [-0.1, -0.05) is 36.8 Å². The Morgan fingerprint density at radius 1 is 1.25 bits per heavy atom. The zero-order chi connectivity index (χ0) is 14.5. The van der Waals surface area contributed by atoms with Crippen LogP contribution in [0.4, 0.5) is 0 Å². The van der Waals surface area contributed by atoms with Gasteiger partial charge in [0.15, 0.2) is 0 Å². The van der Waals surface area contributed by atoms with Crippen molar-refractivity contribution in [1.29, 1.82) is 0 Å². The summed E-state index contributed by atoms with van der Waals surface area (Å²) in [5.74, 6) is 1.03. The molecule has 0 unspecified atom stereocenters. The van der Waals surface area contributed by atoms with Crippen LogP contribution in [0, 0.1) is 12.8 Å². The van der Waals surface area contributed by atoms with Crippen LogP contribution in [0.25, 0.3) is 0 Å². The largest absolute Gasteiger partial charge is 0.340 e. The van der Waals surface area contributed by atoms with E-state index in [1.807, 2.05) is 11.9 Å². The number of nitrogens with zero attached hydrogens (tertiary/aromatic N) is 2. The van der Waals surface area contributed by atoms with Gasteiger partial charge in [0.05, 0.1) is 6.54 Å². The van der Waals surface area contributed by atoms with Crippen LogP contribution in [0.3, 0.4) is 0 Å². The maximum atomic E-state index is 12.2. The fourth-order valence-electron chi connectivity index (χ4n) is 2.59. The molecule has 0 aliphatic carbocycles. The lowest BCUT2D eigenvalue weighted by atomic mass is 9.99. The number of likely N-dealkylation sites (N-methyl/N-ethyl adjacent to an activating group) is 1. The Hall–Kier alpha value is -1.35. The molecule has 1 fully saturated rings. The molecule has 1 heterocycles. The number of amides is 1. The molecule has 20 heavy (non-hydrogen) atoms. The molecule has 1 saturated heterocycles. The number of aryl methyl sites for hydroxylation is 1. The first-order valence-corrected chi connectivity index (χ1v) is 7.56. The minimum Gasteiger partial charge on any atom is -0.340 e. The molecule has 1 amide bonds. The second kappa shape index (κ2) is 6.89. The Labute approximate surface area is 122 Å². The van der Waals surface area contributed by atoms with Crippen molar-refractivity contribution in [1.82, 2.24) is 9.80 Å². The monoisotopic (exact) mass is 274 g/mol. The topological polar surface area (TPSA) is 23.6 Å². The molecular formula is C17H26N2O. The molecule has 0 aromatic heterocycles. The third-order valence-corrected chi connectivity index (χ3v) is 4.20. The van der Waals surface area contributed by atoms with Crippen LogP contribution in [-0.4, -0.2) is 42.4 Å². The fraction of sp³-hybridized carbons (Fsp3) is 0.588. The molecule has 0 spiro atoms. The summed E-state index contributed by atoms with van der Waals surface area (Å²) in [6.07, 6.45) is 2.43. The standard InChI is InChI=1S/C17H26N2O/c1-14-4-6-16(7-5-14)12-18(3)17(20)13-19-10-8-15(2)9-11-19/h4-7,15H,8-13H2,1-3H3. The number of hydrogen-bond donors (Lipinski definition) is 0. The van der Waals surface area contributed by atoms with Crippen molar-refractivity contribution in [3.63, 3.8) is 0 Å². The lowest BCUT2D eigenvalue weighted by molar-refractivity contribution is -0.132. The third-order valence-electron chi connectivity index (χ3n) is 4.20. The first-order chi connectivity index (χ1) is 9.54. The second-order valence-corrected chi connectivity index (χ2v) is 6.19. The van der Waals surface area contributed by atoms with Gasteiger partial charge in [-0.2, -0.15) is 0 Å². The highest BCUT2D eigenvalue weighted by Crippen LogP contribution is 2.16. The van der Waals surface area contributed by atoms with E-state index < -0.39 is 0 Å². The van der Waals surface area contributed by atoms with Gasteiger partial charge in [0.1, 0.15) is 0 Å². The first-order valence-electron chi connectivity index (χ1n) is 7.56. The van der Waals surface area contributed by atoms with E-state index in [2.05, 4.69) is 43.0 Å². The van der Waals surface area contributed by atoms with Gasteiger partial charge in [-0.05, 0) is 44.3 Å². The van der Waals surface area contributed by atoms with Crippen molar-refractivity contribution in [2.75, 3.05) is 26.7 Å². The van der Waals surface area contributed by atoms with E-state index in [1.54, 1.807) is 0 Å². The smallest absolute Gasteiger partial charge is 0.236 e. The Kier molecular flexibility index (Phi) is 5.18. The SMILES string of the molecule is Cc1ccc(CN(C)C(=O)CN2CCC(C)CC2)cc1. The van der Waals surface area contributed by atoms with Gasteiger partial charge >= 0.3 is 0 Å². The van der Waals surface area contributed by atoms with Gasteiger partial charge in [-0.15, -0.1) is 0 Å². The van der Waals surface area contributed by atoms with E-state index in [0.717, 1.165) is 19.0 Å². The summed E-state index contributed by atoms with van der Waals surface area (Å²) in [7, 11) is 1.90. The highest BCUT2D eigenvalue weighted by molar-refractivity contribution is 5.78. The van der Waals surface area contributed by atoms with Crippen LogP contribution in [-0.2, 0) is 11.3 Å². The van der Waals surface area contributed by atoms with Crippen molar-refractivity contribution >= 4 is 5.91 Å². The van der Waals surface area contributed by atoms with Crippen molar-refractivity contribution in [3.05, 3.63) is 35.4 Å². The summed E-state index contributed by atoms with van der Waals surface area (Å²) in [6, 6.07) is 8.39. The number of benzene rings is 1. The maximum Gasteiger partial charge on any atom is 0.236 e. The van der Waals surface area contributed by atoms with Gasteiger partial charge in [-0.25, -0.2) is 0 Å². The summed E-state index contributed by atoms with van der Waals surface area (Å²) in [4.78, 5) is 16.4. The Bertz CT molecular complexity index is 433. The van der Waals surface area contributed by atoms with E-state index in [0.29, 0.717) is 13.1 Å². The molecule has 1 aromatic carbocycles. The molecule has 110 valence electrons. The van der Waals surface area contributed by atoms with Crippen LogP contribution in [0.1, 0.15) is 30.9 Å². The van der Waals surface area contributed by atoms with Crippen molar-refractivity contribution in [2.45, 2.75) is 33.2 Å². The maximum absolute atomic E-state index is 12.2. The molecule has 0 N–H and O–H groups in total. The highest BCUT2D eigenvalue weighted by Gasteiger charge is 2.19. The fourth-order valence-corrected chi connectivity index (χ4v) is 2.59. The highest BCUT2D eigenvalue weighted by atomic mass is 16.2.